The fourth-order valence-electron chi connectivity index (χ4n) is 1.37. The van der Waals surface area contributed by atoms with Gasteiger partial charge in [-0.05, 0) is 25.4 Å². The molecule has 0 aliphatic carbocycles. The number of aryl methyl sites for hydroxylation is 1. The minimum absolute atomic E-state index is 0.0419. The highest BCUT2D eigenvalue weighted by Crippen LogP contribution is 2.16. The van der Waals surface area contributed by atoms with Gasteiger partial charge in [0.15, 0.2) is 0 Å². The fourth-order valence-corrected chi connectivity index (χ4v) is 2.07. The third kappa shape index (κ3) is 2.73. The molecule has 0 aromatic carbocycles. The Labute approximate surface area is 92.3 Å². The van der Waals surface area contributed by atoms with E-state index in [-0.39, 0.29) is 5.91 Å². The van der Waals surface area contributed by atoms with Gasteiger partial charge in [0.25, 0.3) is 0 Å². The summed E-state index contributed by atoms with van der Waals surface area (Å²) in [7, 11) is 0. The quantitative estimate of drug-likeness (QED) is 0.791. The van der Waals surface area contributed by atoms with Crippen LogP contribution in [0.1, 0.15) is 18.4 Å². The Kier molecular flexibility index (Phi) is 3.27. The molecule has 1 aliphatic heterocycles. The van der Waals surface area contributed by atoms with Crippen LogP contribution in [0, 0.1) is 5.92 Å². The van der Waals surface area contributed by atoms with Crippen LogP contribution in [0.3, 0.4) is 0 Å². The van der Waals surface area contributed by atoms with Gasteiger partial charge < -0.3 is 10.6 Å². The van der Waals surface area contributed by atoms with Gasteiger partial charge in [-0.3, -0.25) is 4.79 Å². The summed E-state index contributed by atoms with van der Waals surface area (Å²) >= 11 is 1.44. The molecule has 0 unspecified atom stereocenters. The Bertz CT molecular complexity index is 348. The standard InChI is InChI=1S/C9H14N4OS/c1-2-8-12-13-9(15-8)11-7(14)3-6-4-10-5-6/h6,10H,2-5H2,1H3,(H,11,13,14). The smallest absolute Gasteiger partial charge is 0.226 e. The lowest BCUT2D eigenvalue weighted by Crippen LogP contribution is -2.43. The Balaban J connectivity index is 1.82. The summed E-state index contributed by atoms with van der Waals surface area (Å²) in [6.07, 6.45) is 1.44. The van der Waals surface area contributed by atoms with E-state index < -0.39 is 0 Å². The molecule has 1 saturated heterocycles. The number of hydrogen-bond acceptors (Lipinski definition) is 5. The van der Waals surface area contributed by atoms with Crippen molar-refractivity contribution in [3.05, 3.63) is 5.01 Å². The molecular weight excluding hydrogens is 212 g/mol. The molecular formula is C9H14N4OS. The number of amides is 1. The molecule has 15 heavy (non-hydrogen) atoms. The first kappa shape index (κ1) is 10.5. The van der Waals surface area contributed by atoms with Gasteiger partial charge >= 0.3 is 0 Å². The molecule has 6 heteroatoms. The summed E-state index contributed by atoms with van der Waals surface area (Å²) in [5, 5.41) is 15.3. The molecule has 0 radical (unpaired) electrons. The molecule has 0 atom stereocenters. The van der Waals surface area contributed by atoms with Gasteiger partial charge in [0, 0.05) is 6.42 Å². The topological polar surface area (TPSA) is 66.9 Å². The predicted molar refractivity (Wildman–Crippen MR) is 58.9 cm³/mol. The van der Waals surface area contributed by atoms with E-state index >= 15 is 0 Å². The zero-order valence-corrected chi connectivity index (χ0v) is 9.43. The maximum atomic E-state index is 11.5. The van der Waals surface area contributed by atoms with Crippen molar-refractivity contribution in [2.24, 2.45) is 5.92 Å². The van der Waals surface area contributed by atoms with E-state index in [1.807, 2.05) is 6.92 Å². The van der Waals surface area contributed by atoms with E-state index in [2.05, 4.69) is 20.8 Å². The van der Waals surface area contributed by atoms with Crippen LogP contribution < -0.4 is 10.6 Å². The first-order valence-electron chi connectivity index (χ1n) is 5.11. The highest BCUT2D eigenvalue weighted by Gasteiger charge is 2.20. The minimum atomic E-state index is 0.0419. The lowest BCUT2D eigenvalue weighted by Gasteiger charge is -2.25. The van der Waals surface area contributed by atoms with E-state index in [9.17, 15) is 4.79 Å². The van der Waals surface area contributed by atoms with Gasteiger partial charge in [-0.2, -0.15) is 0 Å². The third-order valence-electron chi connectivity index (χ3n) is 2.36. The van der Waals surface area contributed by atoms with Crippen LogP contribution in [0.25, 0.3) is 0 Å². The largest absolute Gasteiger partial charge is 0.316 e. The lowest BCUT2D eigenvalue weighted by atomic mass is 9.99. The summed E-state index contributed by atoms with van der Waals surface area (Å²) in [4.78, 5) is 11.5. The van der Waals surface area contributed by atoms with E-state index in [4.69, 9.17) is 0 Å². The average Bonchev–Trinajstić information content (AvgIpc) is 2.59. The van der Waals surface area contributed by atoms with Gasteiger partial charge in [-0.15, -0.1) is 10.2 Å². The molecule has 0 bridgehead atoms. The highest BCUT2D eigenvalue weighted by atomic mass is 32.1. The average molecular weight is 226 g/mol. The van der Waals surface area contributed by atoms with Crippen molar-refractivity contribution in [3.63, 3.8) is 0 Å². The minimum Gasteiger partial charge on any atom is -0.316 e. The van der Waals surface area contributed by atoms with E-state index in [0.717, 1.165) is 24.5 Å². The summed E-state index contributed by atoms with van der Waals surface area (Å²) in [6, 6.07) is 0. The van der Waals surface area contributed by atoms with E-state index in [1.165, 1.54) is 11.3 Å². The molecule has 1 fully saturated rings. The molecule has 0 saturated carbocycles. The molecule has 2 heterocycles. The van der Waals surface area contributed by atoms with E-state index in [0.29, 0.717) is 17.5 Å². The summed E-state index contributed by atoms with van der Waals surface area (Å²) in [5.41, 5.74) is 0. The van der Waals surface area contributed by atoms with Crippen LogP contribution in [0.5, 0.6) is 0 Å². The monoisotopic (exact) mass is 226 g/mol. The van der Waals surface area contributed by atoms with E-state index in [1.54, 1.807) is 0 Å². The van der Waals surface area contributed by atoms with Crippen molar-refractivity contribution in [2.75, 3.05) is 18.4 Å². The second-order valence-corrected chi connectivity index (χ2v) is 4.69. The van der Waals surface area contributed by atoms with Crippen LogP contribution in [0.15, 0.2) is 0 Å². The van der Waals surface area contributed by atoms with Crippen LogP contribution >= 0.6 is 11.3 Å². The van der Waals surface area contributed by atoms with Crippen LogP contribution in [-0.4, -0.2) is 29.2 Å². The van der Waals surface area contributed by atoms with Gasteiger partial charge in [0.1, 0.15) is 5.01 Å². The Morgan fingerprint density at radius 1 is 1.60 bits per heavy atom. The number of rotatable bonds is 4. The van der Waals surface area contributed by atoms with Crippen LogP contribution in [0.4, 0.5) is 5.13 Å². The number of nitrogens with one attached hydrogen (secondary N) is 2. The molecule has 1 aliphatic rings. The van der Waals surface area contributed by atoms with Crippen molar-refractivity contribution < 1.29 is 4.79 Å². The molecule has 1 amide bonds. The van der Waals surface area contributed by atoms with Gasteiger partial charge in [-0.25, -0.2) is 0 Å². The summed E-state index contributed by atoms with van der Waals surface area (Å²) < 4.78 is 0. The first-order valence-corrected chi connectivity index (χ1v) is 5.92. The number of hydrogen-bond donors (Lipinski definition) is 2. The number of nitrogens with zero attached hydrogens (tertiary/aromatic N) is 2. The highest BCUT2D eigenvalue weighted by molar-refractivity contribution is 7.15. The molecule has 2 rings (SSSR count). The zero-order chi connectivity index (χ0) is 10.7. The van der Waals surface area contributed by atoms with Crippen LogP contribution in [0.2, 0.25) is 0 Å². The Morgan fingerprint density at radius 3 is 2.93 bits per heavy atom. The zero-order valence-electron chi connectivity index (χ0n) is 8.62. The van der Waals surface area contributed by atoms with Gasteiger partial charge in [0.2, 0.25) is 11.0 Å². The maximum absolute atomic E-state index is 11.5. The Hall–Kier alpha value is -1.01. The molecule has 82 valence electrons. The van der Waals surface area contributed by atoms with Crippen LogP contribution in [-0.2, 0) is 11.2 Å². The molecule has 2 N–H and O–H groups in total. The van der Waals surface area contributed by atoms with Crippen molar-refractivity contribution in [2.45, 2.75) is 19.8 Å². The number of anilines is 1. The fraction of sp³-hybridized carbons (Fsp3) is 0.667. The Morgan fingerprint density at radius 2 is 2.40 bits per heavy atom. The SMILES string of the molecule is CCc1nnc(NC(=O)CC2CNC2)s1. The van der Waals surface area contributed by atoms with Crippen molar-refractivity contribution in [3.8, 4) is 0 Å². The molecule has 0 spiro atoms. The van der Waals surface area contributed by atoms with Crippen molar-refractivity contribution >= 4 is 22.4 Å². The number of aromatic nitrogens is 2. The molecule has 5 nitrogen and oxygen atoms in total. The second-order valence-electron chi connectivity index (χ2n) is 3.63. The number of carbonyl (C=O) groups is 1. The van der Waals surface area contributed by atoms with Crippen molar-refractivity contribution in [1.82, 2.24) is 15.5 Å². The first-order chi connectivity index (χ1) is 7.28. The van der Waals surface area contributed by atoms with Crippen molar-refractivity contribution in [1.29, 1.82) is 0 Å². The molecule has 1 aromatic rings. The van der Waals surface area contributed by atoms with Gasteiger partial charge in [-0.1, -0.05) is 18.3 Å². The predicted octanol–water partition coefficient (Wildman–Crippen LogP) is 0.648. The summed E-state index contributed by atoms with van der Waals surface area (Å²) in [6.45, 7) is 3.92. The molecule has 1 aromatic heterocycles. The maximum Gasteiger partial charge on any atom is 0.226 e. The second kappa shape index (κ2) is 4.67. The van der Waals surface area contributed by atoms with Gasteiger partial charge in [0.05, 0.1) is 0 Å². The summed E-state index contributed by atoms with van der Waals surface area (Å²) in [5.74, 6) is 0.531. The number of carbonyl (C=O) groups excluding carboxylic acids is 1. The third-order valence-corrected chi connectivity index (χ3v) is 3.34. The lowest BCUT2D eigenvalue weighted by molar-refractivity contribution is -0.117. The normalized spacial score (nSPS) is 16.1.